The van der Waals surface area contributed by atoms with Gasteiger partial charge in [-0.25, -0.2) is 0 Å². The van der Waals surface area contributed by atoms with E-state index in [4.69, 9.17) is 0 Å². The van der Waals surface area contributed by atoms with Crippen molar-refractivity contribution in [3.8, 4) is 0 Å². The highest BCUT2D eigenvalue weighted by Gasteiger charge is 2.14. The Kier molecular flexibility index (Phi) is 4.34. The minimum absolute atomic E-state index is 0.0572. The Labute approximate surface area is 97.1 Å². The third-order valence-electron chi connectivity index (χ3n) is 3.14. The average Bonchev–Trinajstić information content (AvgIpc) is 2.84. The fourth-order valence-corrected chi connectivity index (χ4v) is 2.15. The summed E-state index contributed by atoms with van der Waals surface area (Å²) in [6, 6.07) is 10.2. The Morgan fingerprint density at radius 2 is 1.88 bits per heavy atom. The predicted molar refractivity (Wildman–Crippen MR) is 65.1 cm³/mol. The van der Waals surface area contributed by atoms with Gasteiger partial charge >= 0.3 is 0 Å². The molecule has 0 aromatic heterocycles. The molecule has 1 saturated heterocycles. The first-order valence-electron chi connectivity index (χ1n) is 6.01. The van der Waals surface area contributed by atoms with E-state index in [9.17, 15) is 5.11 Å². The summed E-state index contributed by atoms with van der Waals surface area (Å²) in [5.41, 5.74) is 1.16. The lowest BCUT2D eigenvalue weighted by Crippen LogP contribution is -2.35. The minimum atomic E-state index is 0.0572. The summed E-state index contributed by atoms with van der Waals surface area (Å²) in [7, 11) is 0. The molecule has 1 heterocycles. The van der Waals surface area contributed by atoms with Crippen molar-refractivity contribution in [2.75, 3.05) is 26.4 Å². The maximum Gasteiger partial charge on any atom is 0.0626 e. The topological polar surface area (TPSA) is 35.5 Å². The molecule has 1 atom stereocenters. The molecule has 0 radical (unpaired) electrons. The van der Waals surface area contributed by atoms with Crippen molar-refractivity contribution in [1.29, 1.82) is 0 Å². The molecule has 0 aliphatic carbocycles. The van der Waals surface area contributed by atoms with Crippen LogP contribution in [0.5, 0.6) is 0 Å². The second-order valence-corrected chi connectivity index (χ2v) is 4.33. The standard InChI is InChI=1S/C13H20N2O/c16-10-13(12-6-2-1-3-7-12)14-11-15-8-4-5-9-15/h1-3,6-7,13-14,16H,4-5,8-11H2. The van der Waals surface area contributed by atoms with Gasteiger partial charge in [0, 0.05) is 6.67 Å². The zero-order valence-electron chi connectivity index (χ0n) is 9.60. The molecular weight excluding hydrogens is 200 g/mol. The van der Waals surface area contributed by atoms with Gasteiger partial charge in [0.15, 0.2) is 0 Å². The molecule has 88 valence electrons. The first-order chi connectivity index (χ1) is 7.90. The van der Waals surface area contributed by atoms with E-state index in [0.29, 0.717) is 0 Å². The maximum atomic E-state index is 9.37. The number of nitrogens with one attached hydrogen (secondary N) is 1. The molecule has 0 saturated carbocycles. The SMILES string of the molecule is OCC(NCN1CCCC1)c1ccccc1. The van der Waals surface area contributed by atoms with Crippen LogP contribution in [0.25, 0.3) is 0 Å². The normalized spacial score (nSPS) is 18.8. The highest BCUT2D eigenvalue weighted by atomic mass is 16.3. The fraction of sp³-hybridized carbons (Fsp3) is 0.538. The zero-order valence-corrected chi connectivity index (χ0v) is 9.60. The number of hydrogen-bond acceptors (Lipinski definition) is 3. The highest BCUT2D eigenvalue weighted by molar-refractivity contribution is 5.18. The lowest BCUT2D eigenvalue weighted by Gasteiger charge is -2.21. The molecule has 2 rings (SSSR count). The van der Waals surface area contributed by atoms with Crippen LogP contribution in [-0.2, 0) is 0 Å². The van der Waals surface area contributed by atoms with Crippen molar-refractivity contribution in [3.63, 3.8) is 0 Å². The molecule has 3 heteroatoms. The largest absolute Gasteiger partial charge is 0.394 e. The first kappa shape index (κ1) is 11.6. The van der Waals surface area contributed by atoms with Crippen LogP contribution in [0, 0.1) is 0 Å². The first-order valence-corrected chi connectivity index (χ1v) is 6.01. The number of aliphatic hydroxyl groups excluding tert-OH is 1. The molecule has 0 amide bonds. The minimum Gasteiger partial charge on any atom is -0.394 e. The molecular formula is C13H20N2O. The van der Waals surface area contributed by atoms with Gasteiger partial charge < -0.3 is 5.11 Å². The fourth-order valence-electron chi connectivity index (χ4n) is 2.15. The van der Waals surface area contributed by atoms with E-state index in [0.717, 1.165) is 12.2 Å². The van der Waals surface area contributed by atoms with Crippen molar-refractivity contribution < 1.29 is 5.11 Å². The molecule has 0 spiro atoms. The van der Waals surface area contributed by atoms with Crippen LogP contribution >= 0.6 is 0 Å². The highest BCUT2D eigenvalue weighted by Crippen LogP contribution is 2.12. The van der Waals surface area contributed by atoms with E-state index in [1.807, 2.05) is 18.2 Å². The van der Waals surface area contributed by atoms with E-state index >= 15 is 0 Å². The number of likely N-dealkylation sites (tertiary alicyclic amines) is 1. The van der Waals surface area contributed by atoms with Crippen LogP contribution in [0.1, 0.15) is 24.4 Å². The summed E-state index contributed by atoms with van der Waals surface area (Å²) in [4.78, 5) is 2.39. The van der Waals surface area contributed by atoms with Crippen LogP contribution in [0.4, 0.5) is 0 Å². The smallest absolute Gasteiger partial charge is 0.0626 e. The van der Waals surface area contributed by atoms with Gasteiger partial charge in [-0.2, -0.15) is 0 Å². The van der Waals surface area contributed by atoms with Gasteiger partial charge in [-0.3, -0.25) is 10.2 Å². The Morgan fingerprint density at radius 3 is 2.50 bits per heavy atom. The van der Waals surface area contributed by atoms with Gasteiger partial charge in [-0.1, -0.05) is 30.3 Å². The third kappa shape index (κ3) is 3.04. The third-order valence-corrected chi connectivity index (χ3v) is 3.14. The summed E-state index contributed by atoms with van der Waals surface area (Å²) < 4.78 is 0. The quantitative estimate of drug-likeness (QED) is 0.786. The molecule has 16 heavy (non-hydrogen) atoms. The summed E-state index contributed by atoms with van der Waals surface area (Å²) >= 11 is 0. The van der Waals surface area contributed by atoms with E-state index in [1.165, 1.54) is 25.9 Å². The van der Waals surface area contributed by atoms with Crippen molar-refractivity contribution in [2.45, 2.75) is 18.9 Å². The van der Waals surface area contributed by atoms with E-state index < -0.39 is 0 Å². The van der Waals surface area contributed by atoms with Crippen molar-refractivity contribution in [3.05, 3.63) is 35.9 Å². The van der Waals surface area contributed by atoms with Crippen LogP contribution in [0.3, 0.4) is 0 Å². The van der Waals surface area contributed by atoms with Gasteiger partial charge in [0.1, 0.15) is 0 Å². The summed E-state index contributed by atoms with van der Waals surface area (Å²) in [5.74, 6) is 0. The lowest BCUT2D eigenvalue weighted by atomic mass is 10.1. The number of nitrogens with zero attached hydrogens (tertiary/aromatic N) is 1. The Bertz CT molecular complexity index is 296. The predicted octanol–water partition coefficient (Wildman–Crippen LogP) is 1.36. The van der Waals surface area contributed by atoms with Gasteiger partial charge in [-0.15, -0.1) is 0 Å². The molecule has 1 aromatic rings. The number of hydrogen-bond donors (Lipinski definition) is 2. The summed E-state index contributed by atoms with van der Waals surface area (Å²) in [6.45, 7) is 3.39. The summed E-state index contributed by atoms with van der Waals surface area (Å²) in [6.07, 6.45) is 2.60. The average molecular weight is 220 g/mol. The number of rotatable bonds is 5. The second kappa shape index (κ2) is 5.99. The molecule has 0 bridgehead atoms. The molecule has 3 nitrogen and oxygen atoms in total. The van der Waals surface area contributed by atoms with Crippen LogP contribution < -0.4 is 5.32 Å². The van der Waals surface area contributed by atoms with Crippen LogP contribution in [-0.4, -0.2) is 36.4 Å². The van der Waals surface area contributed by atoms with Crippen molar-refractivity contribution in [2.24, 2.45) is 0 Å². The van der Waals surface area contributed by atoms with Crippen molar-refractivity contribution in [1.82, 2.24) is 10.2 Å². The van der Waals surface area contributed by atoms with Gasteiger partial charge in [0.25, 0.3) is 0 Å². The number of benzene rings is 1. The monoisotopic (exact) mass is 220 g/mol. The van der Waals surface area contributed by atoms with E-state index in [-0.39, 0.29) is 12.6 Å². The molecule has 1 aromatic carbocycles. The zero-order chi connectivity index (χ0) is 11.2. The molecule has 1 aliphatic heterocycles. The molecule has 1 fully saturated rings. The van der Waals surface area contributed by atoms with Crippen LogP contribution in [0.2, 0.25) is 0 Å². The molecule has 1 unspecified atom stereocenters. The molecule has 2 N–H and O–H groups in total. The van der Waals surface area contributed by atoms with Crippen LogP contribution in [0.15, 0.2) is 30.3 Å². The molecule has 1 aliphatic rings. The van der Waals surface area contributed by atoms with Gasteiger partial charge in [0.2, 0.25) is 0 Å². The summed E-state index contributed by atoms with van der Waals surface area (Å²) in [5, 5.41) is 12.8. The van der Waals surface area contributed by atoms with E-state index in [2.05, 4.69) is 22.3 Å². The Morgan fingerprint density at radius 1 is 1.19 bits per heavy atom. The van der Waals surface area contributed by atoms with Gasteiger partial charge in [0.05, 0.1) is 12.6 Å². The Balaban J connectivity index is 1.85. The number of aliphatic hydroxyl groups is 1. The van der Waals surface area contributed by atoms with Gasteiger partial charge in [-0.05, 0) is 31.5 Å². The lowest BCUT2D eigenvalue weighted by molar-refractivity contribution is 0.214. The van der Waals surface area contributed by atoms with Crippen molar-refractivity contribution >= 4 is 0 Å². The Hall–Kier alpha value is -0.900. The maximum absolute atomic E-state index is 9.37. The van der Waals surface area contributed by atoms with E-state index in [1.54, 1.807) is 0 Å². The second-order valence-electron chi connectivity index (χ2n) is 4.33.